The fourth-order valence-corrected chi connectivity index (χ4v) is 2.26. The Kier molecular flexibility index (Phi) is 3.98. The van der Waals surface area contributed by atoms with E-state index in [9.17, 15) is 5.11 Å². The monoisotopic (exact) mass is 182 g/mol. The molecule has 1 aliphatic rings. The van der Waals surface area contributed by atoms with Crippen molar-refractivity contribution in [2.45, 2.75) is 52.6 Å². The quantitative estimate of drug-likeness (QED) is 0.665. The van der Waals surface area contributed by atoms with Crippen molar-refractivity contribution in [3.8, 4) is 0 Å². The summed E-state index contributed by atoms with van der Waals surface area (Å²) < 4.78 is 0. The molecule has 0 spiro atoms. The summed E-state index contributed by atoms with van der Waals surface area (Å²) in [5.41, 5.74) is 1.28. The van der Waals surface area contributed by atoms with Gasteiger partial charge >= 0.3 is 0 Å². The summed E-state index contributed by atoms with van der Waals surface area (Å²) in [6, 6.07) is 0. The summed E-state index contributed by atoms with van der Waals surface area (Å²) in [6.07, 6.45) is 6.49. The first-order chi connectivity index (χ1) is 6.19. The Bertz CT molecular complexity index is 184. The lowest BCUT2D eigenvalue weighted by Crippen LogP contribution is -2.21. The van der Waals surface area contributed by atoms with E-state index in [0.29, 0.717) is 0 Å². The van der Waals surface area contributed by atoms with Crippen LogP contribution in [0, 0.1) is 11.8 Å². The summed E-state index contributed by atoms with van der Waals surface area (Å²) in [6.45, 7) is 6.61. The van der Waals surface area contributed by atoms with E-state index < -0.39 is 0 Å². The molecule has 0 aromatic heterocycles. The fraction of sp³-hybridized carbons (Fsp3) is 0.833. The van der Waals surface area contributed by atoms with Gasteiger partial charge in [-0.15, -0.1) is 0 Å². The molecule has 0 bridgehead atoms. The van der Waals surface area contributed by atoms with Gasteiger partial charge in [0, 0.05) is 0 Å². The highest BCUT2D eigenvalue weighted by atomic mass is 16.3. The molecular weight excluding hydrogens is 160 g/mol. The molecule has 0 aromatic carbocycles. The van der Waals surface area contributed by atoms with Crippen LogP contribution in [0.4, 0.5) is 0 Å². The lowest BCUT2D eigenvalue weighted by molar-refractivity contribution is 0.187. The molecule has 1 N–H and O–H groups in total. The molecule has 0 amide bonds. The number of hydrogen-bond acceptors (Lipinski definition) is 1. The molecule has 0 radical (unpaired) electrons. The molecule has 1 aliphatic carbocycles. The molecule has 0 heterocycles. The van der Waals surface area contributed by atoms with Gasteiger partial charge in [0.25, 0.3) is 0 Å². The summed E-state index contributed by atoms with van der Waals surface area (Å²) in [4.78, 5) is 0. The van der Waals surface area contributed by atoms with E-state index in [-0.39, 0.29) is 6.10 Å². The van der Waals surface area contributed by atoms with Crippen molar-refractivity contribution in [3.05, 3.63) is 11.6 Å². The van der Waals surface area contributed by atoms with Crippen LogP contribution >= 0.6 is 0 Å². The zero-order chi connectivity index (χ0) is 9.84. The van der Waals surface area contributed by atoms with Gasteiger partial charge in [-0.1, -0.05) is 33.3 Å². The largest absolute Gasteiger partial charge is 0.389 e. The second kappa shape index (κ2) is 4.80. The van der Waals surface area contributed by atoms with Gasteiger partial charge < -0.3 is 5.11 Å². The molecule has 0 fully saturated rings. The SMILES string of the molecule is CCC1CC=C([C@H](O)CC)CC1C. The molecule has 2 unspecified atom stereocenters. The van der Waals surface area contributed by atoms with Crippen molar-refractivity contribution in [2.24, 2.45) is 11.8 Å². The molecule has 76 valence electrons. The number of hydrogen-bond donors (Lipinski definition) is 1. The molecule has 1 heteroatoms. The predicted molar refractivity (Wildman–Crippen MR) is 56.6 cm³/mol. The second-order valence-electron chi connectivity index (χ2n) is 4.29. The highest BCUT2D eigenvalue weighted by molar-refractivity contribution is 5.12. The average Bonchev–Trinajstić information content (AvgIpc) is 2.16. The maximum absolute atomic E-state index is 9.69. The van der Waals surface area contributed by atoms with Crippen LogP contribution in [0.25, 0.3) is 0 Å². The van der Waals surface area contributed by atoms with Gasteiger partial charge in [0.2, 0.25) is 0 Å². The predicted octanol–water partition coefficient (Wildman–Crippen LogP) is 3.14. The van der Waals surface area contributed by atoms with Crippen molar-refractivity contribution in [1.29, 1.82) is 0 Å². The van der Waals surface area contributed by atoms with E-state index in [1.165, 1.54) is 18.4 Å². The minimum absolute atomic E-state index is 0.180. The molecule has 3 atom stereocenters. The topological polar surface area (TPSA) is 20.2 Å². The third-order valence-electron chi connectivity index (χ3n) is 3.38. The van der Waals surface area contributed by atoms with Crippen LogP contribution in [0.3, 0.4) is 0 Å². The van der Waals surface area contributed by atoms with Crippen LogP contribution in [0.5, 0.6) is 0 Å². The first kappa shape index (κ1) is 10.8. The minimum atomic E-state index is -0.180. The zero-order valence-electron chi connectivity index (χ0n) is 9.09. The van der Waals surface area contributed by atoms with Crippen LogP contribution < -0.4 is 0 Å². The molecule has 0 saturated carbocycles. The minimum Gasteiger partial charge on any atom is -0.389 e. The highest BCUT2D eigenvalue weighted by Crippen LogP contribution is 2.33. The van der Waals surface area contributed by atoms with E-state index >= 15 is 0 Å². The van der Waals surface area contributed by atoms with Crippen LogP contribution in [0.15, 0.2) is 11.6 Å². The maximum atomic E-state index is 9.69. The first-order valence-corrected chi connectivity index (χ1v) is 5.56. The molecule has 0 aromatic rings. The molecule has 0 aliphatic heterocycles. The molecule has 1 nitrogen and oxygen atoms in total. The maximum Gasteiger partial charge on any atom is 0.0747 e. The number of aliphatic hydroxyl groups is 1. The van der Waals surface area contributed by atoms with Crippen molar-refractivity contribution in [3.63, 3.8) is 0 Å². The van der Waals surface area contributed by atoms with Crippen molar-refractivity contribution >= 4 is 0 Å². The van der Waals surface area contributed by atoms with Crippen molar-refractivity contribution in [2.75, 3.05) is 0 Å². The standard InChI is InChI=1S/C12H22O/c1-4-10-6-7-11(8-9(10)3)12(13)5-2/h7,9-10,12-13H,4-6,8H2,1-3H3/t9?,10?,12-/m1/s1. The normalized spacial score (nSPS) is 31.2. The third kappa shape index (κ3) is 2.57. The summed E-state index contributed by atoms with van der Waals surface area (Å²) in [5, 5.41) is 9.69. The number of allylic oxidation sites excluding steroid dienone is 1. The zero-order valence-corrected chi connectivity index (χ0v) is 9.09. The molecular formula is C12H22O. The average molecular weight is 182 g/mol. The van der Waals surface area contributed by atoms with Gasteiger partial charge in [0.1, 0.15) is 0 Å². The molecule has 0 saturated heterocycles. The smallest absolute Gasteiger partial charge is 0.0747 e. The first-order valence-electron chi connectivity index (χ1n) is 5.56. The number of rotatable bonds is 3. The summed E-state index contributed by atoms with van der Waals surface area (Å²) in [5.74, 6) is 1.60. The van der Waals surface area contributed by atoms with Crippen LogP contribution in [0.2, 0.25) is 0 Å². The highest BCUT2D eigenvalue weighted by Gasteiger charge is 2.23. The van der Waals surface area contributed by atoms with E-state index in [1.54, 1.807) is 0 Å². The van der Waals surface area contributed by atoms with E-state index in [2.05, 4.69) is 19.9 Å². The van der Waals surface area contributed by atoms with E-state index in [0.717, 1.165) is 24.7 Å². The Morgan fingerprint density at radius 3 is 2.69 bits per heavy atom. The van der Waals surface area contributed by atoms with Gasteiger partial charge in [-0.2, -0.15) is 0 Å². The van der Waals surface area contributed by atoms with Crippen LogP contribution in [-0.4, -0.2) is 11.2 Å². The fourth-order valence-electron chi connectivity index (χ4n) is 2.26. The van der Waals surface area contributed by atoms with E-state index in [1.807, 2.05) is 6.92 Å². The van der Waals surface area contributed by atoms with Gasteiger partial charge in [-0.3, -0.25) is 0 Å². The van der Waals surface area contributed by atoms with E-state index in [4.69, 9.17) is 0 Å². The second-order valence-corrected chi connectivity index (χ2v) is 4.29. The van der Waals surface area contributed by atoms with Gasteiger partial charge in [0.15, 0.2) is 0 Å². The van der Waals surface area contributed by atoms with Gasteiger partial charge in [-0.25, -0.2) is 0 Å². The Morgan fingerprint density at radius 1 is 1.54 bits per heavy atom. The van der Waals surface area contributed by atoms with Crippen molar-refractivity contribution in [1.82, 2.24) is 0 Å². The Hall–Kier alpha value is -0.300. The Balaban J connectivity index is 2.57. The number of aliphatic hydroxyl groups excluding tert-OH is 1. The molecule has 13 heavy (non-hydrogen) atoms. The Morgan fingerprint density at radius 2 is 2.23 bits per heavy atom. The summed E-state index contributed by atoms with van der Waals surface area (Å²) >= 11 is 0. The Labute approximate surface area is 81.9 Å². The summed E-state index contributed by atoms with van der Waals surface area (Å²) in [7, 11) is 0. The third-order valence-corrected chi connectivity index (χ3v) is 3.38. The van der Waals surface area contributed by atoms with Crippen LogP contribution in [-0.2, 0) is 0 Å². The van der Waals surface area contributed by atoms with Crippen molar-refractivity contribution < 1.29 is 5.11 Å². The lowest BCUT2D eigenvalue weighted by Gasteiger charge is -2.29. The van der Waals surface area contributed by atoms with Crippen LogP contribution in [0.1, 0.15) is 46.5 Å². The lowest BCUT2D eigenvalue weighted by atomic mass is 9.78. The van der Waals surface area contributed by atoms with Gasteiger partial charge in [0.05, 0.1) is 6.10 Å². The van der Waals surface area contributed by atoms with Gasteiger partial charge in [-0.05, 0) is 36.7 Å². The molecule has 1 rings (SSSR count).